The zero-order chi connectivity index (χ0) is 14.8. The van der Waals surface area contributed by atoms with Crippen LogP contribution in [-0.4, -0.2) is 20.6 Å². The minimum Gasteiger partial charge on any atom is -0.481 e. The molecule has 0 radical (unpaired) electrons. The molecule has 21 heavy (non-hydrogen) atoms. The van der Waals surface area contributed by atoms with Crippen LogP contribution in [0.3, 0.4) is 0 Å². The van der Waals surface area contributed by atoms with Gasteiger partial charge in [0.2, 0.25) is 0 Å². The summed E-state index contributed by atoms with van der Waals surface area (Å²) in [6.45, 7) is 0.373. The quantitative estimate of drug-likeness (QED) is 0.796. The zero-order valence-electron chi connectivity index (χ0n) is 11.2. The van der Waals surface area contributed by atoms with E-state index in [0.717, 1.165) is 22.4 Å². The van der Waals surface area contributed by atoms with Gasteiger partial charge in [0.15, 0.2) is 0 Å². The van der Waals surface area contributed by atoms with E-state index < -0.39 is 5.97 Å². The van der Waals surface area contributed by atoms with Crippen molar-refractivity contribution < 1.29 is 9.90 Å². The number of carboxylic acids is 1. The van der Waals surface area contributed by atoms with Gasteiger partial charge in [-0.25, -0.2) is 4.98 Å². The molecule has 0 aliphatic rings. The van der Waals surface area contributed by atoms with Crippen LogP contribution in [0.5, 0.6) is 0 Å². The van der Waals surface area contributed by atoms with Crippen LogP contribution in [0.4, 0.5) is 0 Å². The van der Waals surface area contributed by atoms with Crippen LogP contribution >= 0.6 is 11.6 Å². The first kappa shape index (κ1) is 13.6. The van der Waals surface area contributed by atoms with Gasteiger partial charge < -0.3 is 9.67 Å². The Morgan fingerprint density at radius 3 is 2.76 bits per heavy atom. The number of rotatable bonds is 4. The SMILES string of the molecule is O=C(O)CCn1c(-c2cccc(Cl)c2)nc2ccccc21. The lowest BCUT2D eigenvalue weighted by Gasteiger charge is -2.08. The second kappa shape index (κ2) is 5.58. The van der Waals surface area contributed by atoms with E-state index in [1.165, 1.54) is 0 Å². The van der Waals surface area contributed by atoms with Gasteiger partial charge in [0.1, 0.15) is 5.82 Å². The fraction of sp³-hybridized carbons (Fsp3) is 0.125. The maximum Gasteiger partial charge on any atom is 0.305 e. The lowest BCUT2D eigenvalue weighted by atomic mass is 10.2. The third kappa shape index (κ3) is 2.76. The molecule has 0 aliphatic carbocycles. The van der Waals surface area contributed by atoms with Gasteiger partial charge in [-0.15, -0.1) is 0 Å². The molecule has 4 nitrogen and oxygen atoms in total. The Morgan fingerprint density at radius 1 is 1.19 bits per heavy atom. The predicted octanol–water partition coefficient (Wildman–Crippen LogP) is 3.83. The standard InChI is InChI=1S/C16H13ClN2O2/c17-12-5-3-4-11(10-12)16-18-13-6-1-2-7-14(13)19(16)9-8-15(20)21/h1-7,10H,8-9H2,(H,20,21). The maximum atomic E-state index is 10.9. The summed E-state index contributed by atoms with van der Waals surface area (Å²) in [5, 5.41) is 9.56. The smallest absolute Gasteiger partial charge is 0.305 e. The number of hydrogen-bond acceptors (Lipinski definition) is 2. The van der Waals surface area contributed by atoms with Gasteiger partial charge in [0.05, 0.1) is 17.5 Å². The van der Waals surface area contributed by atoms with E-state index >= 15 is 0 Å². The molecule has 2 aromatic carbocycles. The lowest BCUT2D eigenvalue weighted by molar-refractivity contribution is -0.137. The van der Waals surface area contributed by atoms with Gasteiger partial charge in [-0.1, -0.05) is 35.9 Å². The first-order valence-corrected chi connectivity index (χ1v) is 6.96. The molecule has 1 aromatic heterocycles. The molecule has 0 amide bonds. The molecule has 0 unspecified atom stereocenters. The van der Waals surface area contributed by atoms with Crippen LogP contribution in [-0.2, 0) is 11.3 Å². The lowest BCUT2D eigenvalue weighted by Crippen LogP contribution is -2.06. The van der Waals surface area contributed by atoms with Crippen molar-refractivity contribution in [2.75, 3.05) is 0 Å². The predicted molar refractivity (Wildman–Crippen MR) is 82.4 cm³/mol. The molecular weight excluding hydrogens is 288 g/mol. The van der Waals surface area contributed by atoms with Crippen LogP contribution in [0, 0.1) is 0 Å². The molecular formula is C16H13ClN2O2. The fourth-order valence-corrected chi connectivity index (χ4v) is 2.55. The van der Waals surface area contributed by atoms with Crippen LogP contribution < -0.4 is 0 Å². The van der Waals surface area contributed by atoms with Crippen molar-refractivity contribution in [3.63, 3.8) is 0 Å². The molecule has 1 N–H and O–H groups in total. The summed E-state index contributed by atoms with van der Waals surface area (Å²) in [5.74, 6) is -0.0928. The average molecular weight is 301 g/mol. The van der Waals surface area contributed by atoms with E-state index in [4.69, 9.17) is 16.7 Å². The molecule has 0 bridgehead atoms. The third-order valence-corrected chi connectivity index (χ3v) is 3.52. The monoisotopic (exact) mass is 300 g/mol. The highest BCUT2D eigenvalue weighted by atomic mass is 35.5. The molecule has 0 spiro atoms. The van der Waals surface area contributed by atoms with Gasteiger partial charge in [0, 0.05) is 17.1 Å². The Bertz CT molecular complexity index is 811. The fourth-order valence-electron chi connectivity index (χ4n) is 2.36. The van der Waals surface area contributed by atoms with Crippen molar-refractivity contribution in [3.8, 4) is 11.4 Å². The molecule has 5 heteroatoms. The number of hydrogen-bond donors (Lipinski definition) is 1. The normalized spacial score (nSPS) is 10.9. The van der Waals surface area contributed by atoms with Crippen molar-refractivity contribution in [1.29, 1.82) is 0 Å². The molecule has 0 fully saturated rings. The number of carboxylic acid groups (broad SMARTS) is 1. The second-order valence-corrected chi connectivity index (χ2v) is 5.17. The van der Waals surface area contributed by atoms with E-state index in [2.05, 4.69) is 4.98 Å². The highest BCUT2D eigenvalue weighted by Crippen LogP contribution is 2.26. The minimum absolute atomic E-state index is 0.0495. The van der Waals surface area contributed by atoms with Crippen LogP contribution in [0.15, 0.2) is 48.5 Å². The summed E-state index contributed by atoms with van der Waals surface area (Å²) in [5.41, 5.74) is 2.65. The zero-order valence-corrected chi connectivity index (χ0v) is 11.9. The van der Waals surface area contributed by atoms with Crippen molar-refractivity contribution in [2.24, 2.45) is 0 Å². The van der Waals surface area contributed by atoms with E-state index in [9.17, 15) is 4.79 Å². The topological polar surface area (TPSA) is 55.1 Å². The summed E-state index contributed by atoms with van der Waals surface area (Å²) >= 11 is 6.04. The number of carbonyl (C=O) groups is 1. The van der Waals surface area contributed by atoms with Crippen LogP contribution in [0.25, 0.3) is 22.4 Å². The van der Waals surface area contributed by atoms with Crippen molar-refractivity contribution in [2.45, 2.75) is 13.0 Å². The van der Waals surface area contributed by atoms with Gasteiger partial charge in [0.25, 0.3) is 0 Å². The van der Waals surface area contributed by atoms with Crippen LogP contribution in [0.1, 0.15) is 6.42 Å². The number of para-hydroxylation sites is 2. The first-order chi connectivity index (χ1) is 10.1. The Morgan fingerprint density at radius 2 is 2.00 bits per heavy atom. The van der Waals surface area contributed by atoms with Crippen LogP contribution in [0.2, 0.25) is 5.02 Å². The highest BCUT2D eigenvalue weighted by Gasteiger charge is 2.13. The Kier molecular flexibility index (Phi) is 3.62. The third-order valence-electron chi connectivity index (χ3n) is 3.29. The van der Waals surface area contributed by atoms with Crippen molar-refractivity contribution >= 4 is 28.6 Å². The number of fused-ring (bicyclic) bond motifs is 1. The molecule has 106 valence electrons. The molecule has 0 saturated heterocycles. The molecule has 1 heterocycles. The average Bonchev–Trinajstić information content (AvgIpc) is 2.84. The number of nitrogens with zero attached hydrogens (tertiary/aromatic N) is 2. The number of benzene rings is 2. The molecule has 0 saturated carbocycles. The van der Waals surface area contributed by atoms with E-state index in [1.807, 2.05) is 47.0 Å². The Balaban J connectivity index is 2.16. The Labute approximate surface area is 126 Å². The van der Waals surface area contributed by atoms with Gasteiger partial charge >= 0.3 is 5.97 Å². The van der Waals surface area contributed by atoms with Gasteiger partial charge in [-0.05, 0) is 24.3 Å². The van der Waals surface area contributed by atoms with Gasteiger partial charge in [-0.2, -0.15) is 0 Å². The van der Waals surface area contributed by atoms with E-state index in [0.29, 0.717) is 11.6 Å². The largest absolute Gasteiger partial charge is 0.481 e. The highest BCUT2D eigenvalue weighted by molar-refractivity contribution is 6.30. The maximum absolute atomic E-state index is 10.9. The molecule has 3 rings (SSSR count). The number of aliphatic carboxylic acids is 1. The molecule has 0 atom stereocenters. The Hall–Kier alpha value is -2.33. The molecule has 0 aliphatic heterocycles. The summed E-state index contributed by atoms with van der Waals surface area (Å²) in [6.07, 6.45) is 0.0495. The van der Waals surface area contributed by atoms with E-state index in [-0.39, 0.29) is 6.42 Å². The summed E-state index contributed by atoms with van der Waals surface area (Å²) < 4.78 is 1.93. The van der Waals surface area contributed by atoms with Gasteiger partial charge in [-0.3, -0.25) is 4.79 Å². The van der Waals surface area contributed by atoms with Crippen molar-refractivity contribution in [3.05, 3.63) is 53.6 Å². The number of imidazole rings is 1. The second-order valence-electron chi connectivity index (χ2n) is 4.73. The first-order valence-electron chi connectivity index (χ1n) is 6.58. The molecule has 3 aromatic rings. The minimum atomic E-state index is -0.829. The summed E-state index contributed by atoms with van der Waals surface area (Å²) in [4.78, 5) is 15.5. The van der Waals surface area contributed by atoms with E-state index in [1.54, 1.807) is 6.07 Å². The number of aryl methyl sites for hydroxylation is 1. The summed E-state index contributed by atoms with van der Waals surface area (Å²) in [7, 11) is 0. The summed E-state index contributed by atoms with van der Waals surface area (Å²) in [6, 6.07) is 15.1. The number of aromatic nitrogens is 2. The number of halogens is 1. The van der Waals surface area contributed by atoms with Crippen molar-refractivity contribution in [1.82, 2.24) is 9.55 Å².